The van der Waals surface area contributed by atoms with Crippen molar-refractivity contribution in [2.45, 2.75) is 12.5 Å². The monoisotopic (exact) mass is 409 g/mol. The van der Waals surface area contributed by atoms with Crippen LogP contribution in [0, 0.1) is 18.2 Å². The molecule has 29 heavy (non-hydrogen) atoms. The number of hydrogen-bond donors (Lipinski definition) is 1. The zero-order valence-corrected chi connectivity index (χ0v) is 15.2. The number of alkyl halides is 2. The number of carbonyl (C=O) groups excluding carboxylic acids is 2. The summed E-state index contributed by atoms with van der Waals surface area (Å²) in [6, 6.07) is 4.23. The summed E-state index contributed by atoms with van der Waals surface area (Å²) < 4.78 is 44.1. The van der Waals surface area contributed by atoms with Crippen molar-refractivity contribution in [2.75, 3.05) is 42.5 Å². The van der Waals surface area contributed by atoms with Crippen molar-refractivity contribution >= 4 is 29.7 Å². The Kier molecular flexibility index (Phi) is 6.11. The summed E-state index contributed by atoms with van der Waals surface area (Å²) in [4.78, 5) is 25.7. The Morgan fingerprint density at radius 1 is 1.41 bits per heavy atom. The highest BCUT2D eigenvalue weighted by Gasteiger charge is 2.33. The number of cyclic esters (lactones) is 1. The summed E-state index contributed by atoms with van der Waals surface area (Å²) in [6.45, 7) is 1.12. The van der Waals surface area contributed by atoms with Gasteiger partial charge in [-0.3, -0.25) is 14.7 Å². The van der Waals surface area contributed by atoms with E-state index in [-0.39, 0.29) is 24.5 Å². The fourth-order valence-corrected chi connectivity index (χ4v) is 2.91. The second kappa shape index (κ2) is 8.72. The average Bonchev–Trinajstić information content (AvgIpc) is 3.07. The molecule has 2 amide bonds. The minimum Gasteiger partial charge on any atom is -0.442 e. The maximum atomic E-state index is 14.6. The van der Waals surface area contributed by atoms with E-state index in [0.29, 0.717) is 19.6 Å². The van der Waals surface area contributed by atoms with E-state index in [4.69, 9.17) is 11.2 Å². The van der Waals surface area contributed by atoms with Gasteiger partial charge in [-0.2, -0.15) is 13.9 Å². The molecular weight excluding hydrogens is 391 g/mol. The lowest BCUT2D eigenvalue weighted by molar-refractivity contribution is -0.132. The molecule has 154 valence electrons. The van der Waals surface area contributed by atoms with Crippen molar-refractivity contribution in [2.24, 2.45) is 5.10 Å². The van der Waals surface area contributed by atoms with E-state index in [9.17, 15) is 22.8 Å². The van der Waals surface area contributed by atoms with E-state index in [1.54, 1.807) is 16.0 Å². The van der Waals surface area contributed by atoms with Crippen LogP contribution < -0.4 is 15.1 Å². The number of hydrogen-bond acceptors (Lipinski definition) is 6. The Bertz CT molecular complexity index is 858. The molecule has 1 aromatic carbocycles. The van der Waals surface area contributed by atoms with E-state index in [1.165, 1.54) is 23.4 Å². The number of amides is 2. The molecule has 0 unspecified atom stereocenters. The quantitative estimate of drug-likeness (QED) is 0.716. The van der Waals surface area contributed by atoms with Crippen molar-refractivity contribution in [1.29, 1.82) is 0 Å². The van der Waals surface area contributed by atoms with Gasteiger partial charge in [0.15, 0.2) is 0 Å². The predicted molar refractivity (Wildman–Crippen MR) is 99.3 cm³/mol. The Balaban J connectivity index is 1.64. The number of nitrogens with one attached hydrogen (secondary N) is 1. The average molecular weight is 409 g/mol. The summed E-state index contributed by atoms with van der Waals surface area (Å²) in [5.74, 6) is 0.467. The number of carbonyl (C=O) groups is 2. The first kappa shape index (κ1) is 20.3. The molecule has 0 bridgehead atoms. The summed E-state index contributed by atoms with van der Waals surface area (Å²) >= 11 is 0. The maximum absolute atomic E-state index is 14.6. The van der Waals surface area contributed by atoms with Gasteiger partial charge in [0.05, 0.1) is 37.6 Å². The normalized spacial score (nSPS) is 18.8. The number of rotatable bonds is 6. The third kappa shape index (κ3) is 4.71. The summed E-state index contributed by atoms with van der Waals surface area (Å²) in [5.41, 5.74) is 0.535. The Hall–Kier alpha value is -3.42. The SMILES string of the molecule is C#CCN1CCN(c2ccc(N3C[C@H](CNC(=O)C(F)F)OC3=O)cc2F)C=N1. The van der Waals surface area contributed by atoms with Gasteiger partial charge in [0.2, 0.25) is 0 Å². The molecule has 1 fully saturated rings. The Morgan fingerprint density at radius 2 is 2.21 bits per heavy atom. The van der Waals surface area contributed by atoms with E-state index < -0.39 is 30.3 Å². The third-order valence-electron chi connectivity index (χ3n) is 4.36. The van der Waals surface area contributed by atoms with Gasteiger partial charge >= 0.3 is 12.5 Å². The van der Waals surface area contributed by atoms with E-state index in [2.05, 4.69) is 11.0 Å². The molecule has 2 heterocycles. The van der Waals surface area contributed by atoms with Crippen LogP contribution in [0.1, 0.15) is 0 Å². The largest absolute Gasteiger partial charge is 0.442 e. The topological polar surface area (TPSA) is 77.5 Å². The van der Waals surface area contributed by atoms with Gasteiger partial charge in [0.1, 0.15) is 18.3 Å². The molecule has 1 N–H and O–H groups in total. The third-order valence-corrected chi connectivity index (χ3v) is 4.36. The van der Waals surface area contributed by atoms with Crippen LogP contribution in [0.5, 0.6) is 0 Å². The number of ether oxygens (including phenoxy) is 1. The highest BCUT2D eigenvalue weighted by Crippen LogP contribution is 2.28. The van der Waals surface area contributed by atoms with Crippen LogP contribution in [0.4, 0.5) is 29.3 Å². The summed E-state index contributed by atoms with van der Waals surface area (Å²) in [5, 5.41) is 7.80. The molecule has 3 rings (SSSR count). The number of anilines is 2. The standard InChI is InChI=1S/C18H18F3N5O3/c1-2-5-25-7-6-24(11-23-25)15-4-3-12(8-14(15)19)26-10-13(29-18(26)28)9-22-17(27)16(20)21/h1,3-4,8,11,13,16H,5-7,9-10H2,(H,22,27)/t13-/m0/s1. The van der Waals surface area contributed by atoms with Crippen LogP contribution in [0.3, 0.4) is 0 Å². The van der Waals surface area contributed by atoms with Crippen molar-refractivity contribution in [1.82, 2.24) is 10.3 Å². The highest BCUT2D eigenvalue weighted by atomic mass is 19.3. The van der Waals surface area contributed by atoms with Gasteiger partial charge in [-0.15, -0.1) is 6.42 Å². The molecule has 8 nitrogen and oxygen atoms in total. The summed E-state index contributed by atoms with van der Waals surface area (Å²) in [7, 11) is 0. The lowest BCUT2D eigenvalue weighted by Crippen LogP contribution is -2.38. The first-order valence-corrected chi connectivity index (χ1v) is 8.71. The predicted octanol–water partition coefficient (Wildman–Crippen LogP) is 1.23. The molecule has 0 aliphatic carbocycles. The Labute approximate surface area is 164 Å². The lowest BCUT2D eigenvalue weighted by atomic mass is 10.2. The van der Waals surface area contributed by atoms with Gasteiger partial charge < -0.3 is 15.0 Å². The van der Waals surface area contributed by atoms with Crippen LogP contribution in [0.15, 0.2) is 23.3 Å². The van der Waals surface area contributed by atoms with Gasteiger partial charge in [-0.25, -0.2) is 9.18 Å². The molecule has 0 spiro atoms. The first-order chi connectivity index (χ1) is 13.9. The van der Waals surface area contributed by atoms with Gasteiger partial charge in [0, 0.05) is 6.54 Å². The number of terminal acetylenes is 1. The molecule has 11 heteroatoms. The number of hydrazone groups is 1. The first-order valence-electron chi connectivity index (χ1n) is 8.71. The minimum absolute atomic E-state index is 0.00659. The fourth-order valence-electron chi connectivity index (χ4n) is 2.91. The fraction of sp³-hybridized carbons (Fsp3) is 0.389. The van der Waals surface area contributed by atoms with Crippen molar-refractivity contribution in [3.63, 3.8) is 0 Å². The van der Waals surface area contributed by atoms with Gasteiger partial charge in [-0.1, -0.05) is 5.92 Å². The van der Waals surface area contributed by atoms with Crippen LogP contribution in [0.2, 0.25) is 0 Å². The van der Waals surface area contributed by atoms with Crippen LogP contribution in [-0.2, 0) is 9.53 Å². The van der Waals surface area contributed by atoms with Crippen molar-refractivity contribution in [3.8, 4) is 12.3 Å². The molecule has 0 aromatic heterocycles. The number of halogens is 3. The molecule has 0 saturated carbocycles. The smallest absolute Gasteiger partial charge is 0.414 e. The van der Waals surface area contributed by atoms with Crippen LogP contribution in [-0.4, -0.2) is 68.6 Å². The number of benzene rings is 1. The second-order valence-corrected chi connectivity index (χ2v) is 6.31. The summed E-state index contributed by atoms with van der Waals surface area (Å²) in [6.07, 6.45) is 2.00. The van der Waals surface area contributed by atoms with Crippen molar-refractivity contribution in [3.05, 3.63) is 24.0 Å². The number of nitrogens with zero attached hydrogens (tertiary/aromatic N) is 4. The zero-order chi connectivity index (χ0) is 21.0. The van der Waals surface area contributed by atoms with E-state index in [1.807, 2.05) is 5.32 Å². The van der Waals surface area contributed by atoms with E-state index in [0.717, 1.165) is 0 Å². The molecule has 1 saturated heterocycles. The van der Waals surface area contributed by atoms with Gasteiger partial charge in [-0.05, 0) is 18.2 Å². The molecule has 1 aromatic rings. The molecule has 2 aliphatic heterocycles. The zero-order valence-electron chi connectivity index (χ0n) is 15.2. The highest BCUT2D eigenvalue weighted by molar-refractivity contribution is 5.90. The van der Waals surface area contributed by atoms with E-state index >= 15 is 0 Å². The lowest BCUT2D eigenvalue weighted by Gasteiger charge is -2.29. The molecule has 2 aliphatic rings. The van der Waals surface area contributed by atoms with Crippen LogP contribution >= 0.6 is 0 Å². The maximum Gasteiger partial charge on any atom is 0.414 e. The molecule has 0 radical (unpaired) electrons. The minimum atomic E-state index is -3.15. The Morgan fingerprint density at radius 3 is 2.83 bits per heavy atom. The molecule has 1 atom stereocenters. The second-order valence-electron chi connectivity index (χ2n) is 6.31. The van der Waals surface area contributed by atoms with Crippen molar-refractivity contribution < 1.29 is 27.5 Å². The molecular formula is C18H18F3N5O3. The van der Waals surface area contributed by atoms with Gasteiger partial charge in [0.25, 0.3) is 5.91 Å². The van der Waals surface area contributed by atoms with Crippen LogP contribution in [0.25, 0.3) is 0 Å².